The van der Waals surface area contributed by atoms with Gasteiger partial charge in [-0.25, -0.2) is 0 Å². The summed E-state index contributed by atoms with van der Waals surface area (Å²) in [6, 6.07) is 0. The minimum atomic E-state index is 0.710. The summed E-state index contributed by atoms with van der Waals surface area (Å²) in [4.78, 5) is 6.76. The van der Waals surface area contributed by atoms with Crippen LogP contribution in [0.25, 0.3) is 0 Å². The number of rotatable bonds is 3. The number of aryl methyl sites for hydroxylation is 2. The normalized spacial score (nSPS) is 20.3. The van der Waals surface area contributed by atoms with Gasteiger partial charge in [-0.2, -0.15) is 11.8 Å². The molecule has 112 valence electrons. The van der Waals surface area contributed by atoms with Crippen molar-refractivity contribution in [2.45, 2.75) is 39.0 Å². The molecule has 0 spiro atoms. The van der Waals surface area contributed by atoms with Crippen LogP contribution < -0.4 is 5.32 Å². The van der Waals surface area contributed by atoms with Crippen molar-refractivity contribution in [1.29, 1.82) is 0 Å². The zero-order chi connectivity index (χ0) is 14.5. The Morgan fingerprint density at radius 2 is 2.35 bits per heavy atom. The summed E-state index contributed by atoms with van der Waals surface area (Å²) in [7, 11) is 1.85. The van der Waals surface area contributed by atoms with E-state index in [4.69, 9.17) is 4.52 Å². The first kappa shape index (κ1) is 15.2. The summed E-state index contributed by atoms with van der Waals surface area (Å²) in [5, 5.41) is 8.13. The second kappa shape index (κ2) is 7.02. The van der Waals surface area contributed by atoms with E-state index in [-0.39, 0.29) is 0 Å². The van der Waals surface area contributed by atoms with Gasteiger partial charge in [-0.3, -0.25) is 4.99 Å². The lowest BCUT2D eigenvalue weighted by atomic mass is 10.2. The van der Waals surface area contributed by atoms with Crippen LogP contribution in [-0.4, -0.2) is 47.2 Å². The molecule has 1 fully saturated rings. The standard InChI is InChI=1S/C14H24N4OS/c1-5-12-9-18(6-7-20-12)14(15-4)16-8-13-10(2)17-19-11(13)3/h12H,5-9H2,1-4H3,(H,15,16). The van der Waals surface area contributed by atoms with E-state index in [2.05, 4.69) is 39.1 Å². The summed E-state index contributed by atoms with van der Waals surface area (Å²) in [6.45, 7) is 9.02. The number of aliphatic imine (C=N–C) groups is 1. The maximum atomic E-state index is 5.19. The Morgan fingerprint density at radius 1 is 1.55 bits per heavy atom. The largest absolute Gasteiger partial charge is 0.361 e. The SMILES string of the molecule is CCC1CN(C(=NC)NCc2c(C)noc2C)CCS1. The maximum Gasteiger partial charge on any atom is 0.193 e. The highest BCUT2D eigenvalue weighted by atomic mass is 32.2. The fourth-order valence-corrected chi connectivity index (χ4v) is 3.59. The third-order valence-electron chi connectivity index (χ3n) is 3.71. The van der Waals surface area contributed by atoms with Gasteiger partial charge in [0.15, 0.2) is 5.96 Å². The topological polar surface area (TPSA) is 53.7 Å². The molecule has 1 saturated heterocycles. The van der Waals surface area contributed by atoms with Gasteiger partial charge in [0, 0.05) is 43.2 Å². The summed E-state index contributed by atoms with van der Waals surface area (Å²) in [6.07, 6.45) is 1.21. The van der Waals surface area contributed by atoms with Crippen molar-refractivity contribution in [1.82, 2.24) is 15.4 Å². The summed E-state index contributed by atoms with van der Waals surface area (Å²) < 4.78 is 5.19. The number of nitrogens with one attached hydrogen (secondary N) is 1. The fraction of sp³-hybridized carbons (Fsp3) is 0.714. The van der Waals surface area contributed by atoms with Gasteiger partial charge in [-0.05, 0) is 20.3 Å². The van der Waals surface area contributed by atoms with Crippen molar-refractivity contribution in [3.63, 3.8) is 0 Å². The van der Waals surface area contributed by atoms with Crippen molar-refractivity contribution in [3.05, 3.63) is 17.0 Å². The van der Waals surface area contributed by atoms with Gasteiger partial charge in [0.25, 0.3) is 0 Å². The van der Waals surface area contributed by atoms with Crippen LogP contribution in [0, 0.1) is 13.8 Å². The van der Waals surface area contributed by atoms with E-state index < -0.39 is 0 Å². The molecule has 1 unspecified atom stereocenters. The number of nitrogens with zero attached hydrogens (tertiary/aromatic N) is 3. The van der Waals surface area contributed by atoms with E-state index >= 15 is 0 Å². The summed E-state index contributed by atoms with van der Waals surface area (Å²) >= 11 is 2.07. The molecule has 1 aliphatic rings. The molecule has 1 atom stereocenters. The van der Waals surface area contributed by atoms with E-state index in [0.717, 1.165) is 36.1 Å². The summed E-state index contributed by atoms with van der Waals surface area (Å²) in [5.74, 6) is 3.03. The molecule has 1 aromatic heterocycles. The van der Waals surface area contributed by atoms with Gasteiger partial charge < -0.3 is 14.7 Å². The third kappa shape index (κ3) is 3.48. The Balaban J connectivity index is 1.96. The van der Waals surface area contributed by atoms with Crippen molar-refractivity contribution in [2.75, 3.05) is 25.9 Å². The molecule has 6 heteroatoms. The van der Waals surface area contributed by atoms with E-state index in [1.54, 1.807) is 0 Å². The Bertz CT molecular complexity index is 452. The number of hydrogen-bond donors (Lipinski definition) is 1. The molecule has 0 bridgehead atoms. The zero-order valence-electron chi connectivity index (χ0n) is 12.8. The van der Waals surface area contributed by atoms with Crippen molar-refractivity contribution >= 4 is 17.7 Å². The quantitative estimate of drug-likeness (QED) is 0.684. The van der Waals surface area contributed by atoms with Crippen LogP contribution in [0.15, 0.2) is 9.52 Å². The van der Waals surface area contributed by atoms with Crippen molar-refractivity contribution in [3.8, 4) is 0 Å². The predicted octanol–water partition coefficient (Wildman–Crippen LogP) is 2.19. The average Bonchev–Trinajstić information content (AvgIpc) is 2.79. The van der Waals surface area contributed by atoms with Gasteiger partial charge in [0.05, 0.1) is 5.69 Å². The number of thioether (sulfide) groups is 1. The molecule has 2 rings (SSSR count). The third-order valence-corrected chi connectivity index (χ3v) is 5.08. The van der Waals surface area contributed by atoms with Crippen LogP contribution in [0.3, 0.4) is 0 Å². The molecular formula is C14H24N4OS. The molecule has 0 saturated carbocycles. The van der Waals surface area contributed by atoms with Gasteiger partial charge in [0.2, 0.25) is 0 Å². The molecule has 2 heterocycles. The Morgan fingerprint density at radius 3 is 2.95 bits per heavy atom. The molecule has 0 aliphatic carbocycles. The number of guanidine groups is 1. The van der Waals surface area contributed by atoms with Crippen LogP contribution in [0.4, 0.5) is 0 Å². The lowest BCUT2D eigenvalue weighted by Gasteiger charge is -2.34. The molecule has 20 heavy (non-hydrogen) atoms. The highest BCUT2D eigenvalue weighted by Crippen LogP contribution is 2.21. The Labute approximate surface area is 125 Å². The van der Waals surface area contributed by atoms with Crippen LogP contribution in [-0.2, 0) is 6.54 Å². The van der Waals surface area contributed by atoms with Crippen LogP contribution in [0.1, 0.15) is 30.4 Å². The second-order valence-electron chi connectivity index (χ2n) is 5.05. The Hall–Kier alpha value is -1.17. The highest BCUT2D eigenvalue weighted by molar-refractivity contribution is 8.00. The first-order valence-electron chi connectivity index (χ1n) is 7.14. The lowest BCUT2D eigenvalue weighted by molar-refractivity contribution is 0.391. The monoisotopic (exact) mass is 296 g/mol. The number of hydrogen-bond acceptors (Lipinski definition) is 4. The van der Waals surface area contributed by atoms with Gasteiger partial charge >= 0.3 is 0 Å². The van der Waals surface area contributed by atoms with E-state index in [1.165, 1.54) is 12.2 Å². The van der Waals surface area contributed by atoms with Crippen molar-refractivity contribution < 1.29 is 4.52 Å². The highest BCUT2D eigenvalue weighted by Gasteiger charge is 2.21. The van der Waals surface area contributed by atoms with Crippen LogP contribution in [0.5, 0.6) is 0 Å². The maximum absolute atomic E-state index is 5.19. The van der Waals surface area contributed by atoms with Crippen LogP contribution >= 0.6 is 11.8 Å². The fourth-order valence-electron chi connectivity index (χ4n) is 2.41. The lowest BCUT2D eigenvalue weighted by Crippen LogP contribution is -2.47. The van der Waals surface area contributed by atoms with Gasteiger partial charge in [-0.15, -0.1) is 0 Å². The predicted molar refractivity (Wildman–Crippen MR) is 84.3 cm³/mol. The first-order valence-corrected chi connectivity index (χ1v) is 8.19. The average molecular weight is 296 g/mol. The molecule has 5 nitrogen and oxygen atoms in total. The van der Waals surface area contributed by atoms with E-state index in [1.807, 2.05) is 20.9 Å². The molecular weight excluding hydrogens is 272 g/mol. The first-order chi connectivity index (χ1) is 9.65. The van der Waals surface area contributed by atoms with Crippen LogP contribution in [0.2, 0.25) is 0 Å². The zero-order valence-corrected chi connectivity index (χ0v) is 13.6. The van der Waals surface area contributed by atoms with E-state index in [9.17, 15) is 0 Å². The molecule has 1 aliphatic heterocycles. The smallest absolute Gasteiger partial charge is 0.193 e. The van der Waals surface area contributed by atoms with Crippen molar-refractivity contribution in [2.24, 2.45) is 4.99 Å². The number of aromatic nitrogens is 1. The second-order valence-corrected chi connectivity index (χ2v) is 6.46. The van der Waals surface area contributed by atoms with Gasteiger partial charge in [-0.1, -0.05) is 12.1 Å². The minimum Gasteiger partial charge on any atom is -0.361 e. The minimum absolute atomic E-state index is 0.710. The Kier molecular flexibility index (Phi) is 5.34. The molecule has 0 amide bonds. The summed E-state index contributed by atoms with van der Waals surface area (Å²) in [5.41, 5.74) is 2.08. The van der Waals surface area contributed by atoms with Gasteiger partial charge in [0.1, 0.15) is 5.76 Å². The van der Waals surface area contributed by atoms with E-state index in [0.29, 0.717) is 11.8 Å². The molecule has 1 N–H and O–H groups in total. The molecule has 0 aromatic carbocycles. The molecule has 0 radical (unpaired) electrons. The molecule has 1 aromatic rings.